The Balaban J connectivity index is 3.08. The first-order valence-corrected chi connectivity index (χ1v) is 4.45. The van der Waals surface area contributed by atoms with Crippen LogP contribution in [0.1, 0.15) is 24.3 Å². The van der Waals surface area contributed by atoms with E-state index in [0.29, 0.717) is 0 Å². The summed E-state index contributed by atoms with van der Waals surface area (Å²) in [5.41, 5.74) is -0.161. The number of nitrogens with zero attached hydrogens (tertiary/aromatic N) is 1. The molecule has 0 aliphatic carbocycles. The van der Waals surface area contributed by atoms with Gasteiger partial charge in [0.2, 0.25) is 0 Å². The van der Waals surface area contributed by atoms with Gasteiger partial charge in [-0.2, -0.15) is 0 Å². The second-order valence-electron chi connectivity index (χ2n) is 2.95. The van der Waals surface area contributed by atoms with Crippen LogP contribution in [0.3, 0.4) is 0 Å². The van der Waals surface area contributed by atoms with Crippen molar-refractivity contribution in [1.82, 2.24) is 4.98 Å². The third-order valence-corrected chi connectivity index (χ3v) is 1.60. The zero-order valence-electron chi connectivity index (χ0n) is 7.82. The molecule has 1 heterocycles. The summed E-state index contributed by atoms with van der Waals surface area (Å²) in [4.78, 5) is 14.4. The minimum Gasteiger partial charge on any atom is -0.488 e. The van der Waals surface area contributed by atoms with Gasteiger partial charge in [-0.3, -0.25) is 0 Å². The highest BCUT2D eigenvalue weighted by atomic mass is 35.5. The first kappa shape index (κ1) is 10.8. The molecule has 1 aromatic rings. The molecule has 0 radical (unpaired) electrons. The third-order valence-electron chi connectivity index (χ3n) is 1.39. The largest absolute Gasteiger partial charge is 0.488 e. The number of pyridine rings is 1. The number of aromatic nitrogens is 1. The second-order valence-corrected chi connectivity index (χ2v) is 3.34. The van der Waals surface area contributed by atoms with Crippen molar-refractivity contribution in [2.75, 3.05) is 0 Å². The quantitative estimate of drug-likeness (QED) is 0.786. The molecular formula is C9H10ClNO3. The van der Waals surface area contributed by atoms with Crippen molar-refractivity contribution < 1.29 is 14.6 Å². The number of hydrogen-bond donors (Lipinski definition) is 1. The number of carboxylic acid groups (broad SMARTS) is 1. The van der Waals surface area contributed by atoms with Crippen LogP contribution in [0.4, 0.5) is 0 Å². The van der Waals surface area contributed by atoms with Gasteiger partial charge in [0, 0.05) is 0 Å². The Hall–Kier alpha value is -1.29. The van der Waals surface area contributed by atoms with E-state index in [2.05, 4.69) is 4.98 Å². The van der Waals surface area contributed by atoms with Gasteiger partial charge >= 0.3 is 5.97 Å². The van der Waals surface area contributed by atoms with E-state index in [-0.39, 0.29) is 22.7 Å². The van der Waals surface area contributed by atoms with Gasteiger partial charge in [-0.1, -0.05) is 11.6 Å². The fourth-order valence-electron chi connectivity index (χ4n) is 0.925. The maximum Gasteiger partial charge on any atom is 0.358 e. The van der Waals surface area contributed by atoms with E-state index < -0.39 is 5.97 Å². The maximum absolute atomic E-state index is 10.8. The number of carboxylic acids is 1. The number of halogens is 1. The lowest BCUT2D eigenvalue weighted by Crippen LogP contribution is -2.11. The standard InChI is InChI=1S/C9H10ClNO3/c1-5(2)14-6-3-4-7(10)11-8(6)9(12)13/h3-5H,1-2H3,(H,12,13). The van der Waals surface area contributed by atoms with Crippen molar-refractivity contribution in [2.45, 2.75) is 20.0 Å². The SMILES string of the molecule is CC(C)Oc1ccc(Cl)nc1C(=O)O. The molecule has 0 saturated carbocycles. The predicted molar refractivity (Wildman–Crippen MR) is 52.0 cm³/mol. The van der Waals surface area contributed by atoms with Crippen molar-refractivity contribution >= 4 is 17.6 Å². The highest BCUT2D eigenvalue weighted by Gasteiger charge is 2.14. The van der Waals surface area contributed by atoms with Crippen LogP contribution in [0.2, 0.25) is 5.15 Å². The van der Waals surface area contributed by atoms with Crippen LogP contribution in [-0.4, -0.2) is 22.2 Å². The molecule has 14 heavy (non-hydrogen) atoms. The molecule has 5 heteroatoms. The third kappa shape index (κ3) is 2.60. The van der Waals surface area contributed by atoms with E-state index in [4.69, 9.17) is 21.4 Å². The molecule has 0 spiro atoms. The Kier molecular flexibility index (Phi) is 3.30. The fourth-order valence-corrected chi connectivity index (χ4v) is 1.07. The highest BCUT2D eigenvalue weighted by Crippen LogP contribution is 2.20. The summed E-state index contributed by atoms with van der Waals surface area (Å²) in [6.07, 6.45) is -0.101. The summed E-state index contributed by atoms with van der Waals surface area (Å²) < 4.78 is 5.26. The van der Waals surface area contributed by atoms with E-state index in [9.17, 15) is 4.79 Å². The molecule has 76 valence electrons. The average Bonchev–Trinajstić information content (AvgIpc) is 2.07. The van der Waals surface area contributed by atoms with E-state index in [1.165, 1.54) is 12.1 Å². The van der Waals surface area contributed by atoms with Crippen LogP contribution in [0.25, 0.3) is 0 Å². The van der Waals surface area contributed by atoms with Crippen LogP contribution >= 0.6 is 11.6 Å². The smallest absolute Gasteiger partial charge is 0.358 e. The van der Waals surface area contributed by atoms with Crippen LogP contribution in [0.15, 0.2) is 12.1 Å². The number of carbonyl (C=O) groups is 1. The van der Waals surface area contributed by atoms with Gasteiger partial charge in [-0.05, 0) is 26.0 Å². The second kappa shape index (κ2) is 4.28. The fraction of sp³-hybridized carbons (Fsp3) is 0.333. The minimum atomic E-state index is -1.15. The Morgan fingerprint density at radius 1 is 1.57 bits per heavy atom. The minimum absolute atomic E-state index is 0.101. The molecule has 0 amide bonds. The van der Waals surface area contributed by atoms with Crippen molar-refractivity contribution in [1.29, 1.82) is 0 Å². The van der Waals surface area contributed by atoms with Gasteiger partial charge in [-0.15, -0.1) is 0 Å². The summed E-state index contributed by atoms with van der Waals surface area (Å²) in [6, 6.07) is 2.99. The van der Waals surface area contributed by atoms with Gasteiger partial charge in [0.1, 0.15) is 5.15 Å². The molecule has 0 saturated heterocycles. The first-order valence-electron chi connectivity index (χ1n) is 4.07. The summed E-state index contributed by atoms with van der Waals surface area (Å²) in [7, 11) is 0. The maximum atomic E-state index is 10.8. The van der Waals surface area contributed by atoms with Gasteiger partial charge in [-0.25, -0.2) is 9.78 Å². The van der Waals surface area contributed by atoms with E-state index >= 15 is 0 Å². The van der Waals surface area contributed by atoms with Gasteiger partial charge in [0.05, 0.1) is 6.10 Å². The Morgan fingerprint density at radius 2 is 2.21 bits per heavy atom. The highest BCUT2D eigenvalue weighted by molar-refractivity contribution is 6.29. The predicted octanol–water partition coefficient (Wildman–Crippen LogP) is 2.22. The molecule has 0 aliphatic heterocycles. The van der Waals surface area contributed by atoms with Crippen LogP contribution in [0, 0.1) is 0 Å². The zero-order chi connectivity index (χ0) is 10.7. The van der Waals surface area contributed by atoms with E-state index in [0.717, 1.165) is 0 Å². The molecule has 0 aliphatic rings. The Labute approximate surface area is 86.5 Å². The lowest BCUT2D eigenvalue weighted by molar-refractivity contribution is 0.0683. The van der Waals surface area contributed by atoms with Crippen molar-refractivity contribution in [2.24, 2.45) is 0 Å². The van der Waals surface area contributed by atoms with E-state index in [1.54, 1.807) is 13.8 Å². The molecule has 0 atom stereocenters. The van der Waals surface area contributed by atoms with Crippen LogP contribution in [-0.2, 0) is 0 Å². The Morgan fingerprint density at radius 3 is 2.71 bits per heavy atom. The summed E-state index contributed by atoms with van der Waals surface area (Å²) >= 11 is 5.57. The number of aromatic carboxylic acids is 1. The number of rotatable bonds is 3. The van der Waals surface area contributed by atoms with Crippen LogP contribution < -0.4 is 4.74 Å². The van der Waals surface area contributed by atoms with Crippen molar-refractivity contribution in [3.63, 3.8) is 0 Å². The Bertz CT molecular complexity index is 352. The molecule has 0 unspecified atom stereocenters. The molecule has 1 rings (SSSR count). The van der Waals surface area contributed by atoms with Gasteiger partial charge in [0.25, 0.3) is 0 Å². The molecule has 1 aromatic heterocycles. The molecule has 1 N–H and O–H groups in total. The first-order chi connectivity index (χ1) is 6.50. The van der Waals surface area contributed by atoms with Gasteiger partial charge < -0.3 is 9.84 Å². The van der Waals surface area contributed by atoms with Gasteiger partial charge in [0.15, 0.2) is 11.4 Å². The normalized spacial score (nSPS) is 10.3. The van der Waals surface area contributed by atoms with Crippen molar-refractivity contribution in [3.8, 4) is 5.75 Å². The molecule has 4 nitrogen and oxygen atoms in total. The molecule has 0 bridgehead atoms. The summed E-state index contributed by atoms with van der Waals surface area (Å²) in [6.45, 7) is 3.61. The summed E-state index contributed by atoms with van der Waals surface area (Å²) in [5.74, 6) is -0.917. The molecule has 0 aromatic carbocycles. The van der Waals surface area contributed by atoms with E-state index in [1.807, 2.05) is 0 Å². The number of hydrogen-bond acceptors (Lipinski definition) is 3. The lowest BCUT2D eigenvalue weighted by atomic mass is 10.3. The topological polar surface area (TPSA) is 59.4 Å². The zero-order valence-corrected chi connectivity index (χ0v) is 8.58. The van der Waals surface area contributed by atoms with Crippen LogP contribution in [0.5, 0.6) is 5.75 Å². The lowest BCUT2D eigenvalue weighted by Gasteiger charge is -2.11. The monoisotopic (exact) mass is 215 g/mol. The van der Waals surface area contributed by atoms with Crippen molar-refractivity contribution in [3.05, 3.63) is 23.0 Å². The number of ether oxygens (including phenoxy) is 1. The molecule has 0 fully saturated rings. The average molecular weight is 216 g/mol. The summed E-state index contributed by atoms with van der Waals surface area (Å²) in [5, 5.41) is 8.94. The molecular weight excluding hydrogens is 206 g/mol.